The number of hydrogen-bond acceptors (Lipinski definition) is 3. The molecule has 0 unspecified atom stereocenters. The van der Waals surface area contributed by atoms with Crippen LogP contribution in [0.1, 0.15) is 17.7 Å². The summed E-state index contributed by atoms with van der Waals surface area (Å²) < 4.78 is 0. The Bertz CT molecular complexity index is 635. The van der Waals surface area contributed by atoms with Gasteiger partial charge in [0.15, 0.2) is 0 Å². The number of aromatic nitrogens is 1. The van der Waals surface area contributed by atoms with Crippen molar-refractivity contribution < 1.29 is 4.79 Å². The van der Waals surface area contributed by atoms with Crippen molar-refractivity contribution in [1.82, 2.24) is 10.3 Å². The molecule has 104 valence electrons. The number of pyridine rings is 1. The molecule has 0 saturated heterocycles. The average Bonchev–Trinajstić information content (AvgIpc) is 2.45. The fourth-order valence-electron chi connectivity index (χ4n) is 1.89. The number of aryl methyl sites for hydroxylation is 1. The first-order chi connectivity index (χ1) is 9.69. The molecule has 2 aromatic rings. The van der Waals surface area contributed by atoms with Crippen LogP contribution in [0.3, 0.4) is 0 Å². The molecular formula is C16H19N3O. The Morgan fingerprint density at radius 3 is 3.00 bits per heavy atom. The van der Waals surface area contributed by atoms with Crippen molar-refractivity contribution in [3.8, 4) is 0 Å². The van der Waals surface area contributed by atoms with Crippen LogP contribution in [-0.4, -0.2) is 24.0 Å². The molecule has 0 saturated carbocycles. The molecule has 0 aliphatic heterocycles. The summed E-state index contributed by atoms with van der Waals surface area (Å²) in [5.41, 5.74) is 8.28. The summed E-state index contributed by atoms with van der Waals surface area (Å²) in [7, 11) is 0. The van der Waals surface area contributed by atoms with Crippen molar-refractivity contribution in [2.75, 3.05) is 13.1 Å². The molecule has 1 amide bonds. The summed E-state index contributed by atoms with van der Waals surface area (Å²) in [6, 6.07) is 10.0. The minimum atomic E-state index is -0.121. The van der Waals surface area contributed by atoms with E-state index in [0.29, 0.717) is 13.1 Å². The van der Waals surface area contributed by atoms with Crippen molar-refractivity contribution in [3.05, 3.63) is 47.7 Å². The van der Waals surface area contributed by atoms with Gasteiger partial charge in [-0.25, -0.2) is 4.98 Å². The Kier molecular flexibility index (Phi) is 4.85. The van der Waals surface area contributed by atoms with E-state index in [4.69, 9.17) is 5.73 Å². The molecule has 3 N–H and O–H groups in total. The van der Waals surface area contributed by atoms with Gasteiger partial charge in [0.25, 0.3) is 0 Å². The van der Waals surface area contributed by atoms with Crippen LogP contribution in [0.25, 0.3) is 17.0 Å². The van der Waals surface area contributed by atoms with E-state index in [1.165, 1.54) is 11.6 Å². The van der Waals surface area contributed by atoms with Crippen LogP contribution in [0, 0.1) is 6.92 Å². The van der Waals surface area contributed by atoms with E-state index in [1.54, 1.807) is 6.08 Å². The lowest BCUT2D eigenvalue weighted by Crippen LogP contribution is -2.23. The Labute approximate surface area is 118 Å². The molecular weight excluding hydrogens is 250 g/mol. The highest BCUT2D eigenvalue weighted by molar-refractivity contribution is 5.91. The van der Waals surface area contributed by atoms with Crippen LogP contribution in [0.15, 0.2) is 36.4 Å². The van der Waals surface area contributed by atoms with Gasteiger partial charge in [-0.05, 0) is 44.2 Å². The molecule has 0 bridgehead atoms. The van der Waals surface area contributed by atoms with Gasteiger partial charge in [0.2, 0.25) is 5.91 Å². The van der Waals surface area contributed by atoms with E-state index in [-0.39, 0.29) is 5.91 Å². The smallest absolute Gasteiger partial charge is 0.244 e. The van der Waals surface area contributed by atoms with E-state index in [9.17, 15) is 4.79 Å². The average molecular weight is 269 g/mol. The largest absolute Gasteiger partial charge is 0.353 e. The molecule has 4 heteroatoms. The Morgan fingerprint density at radius 1 is 1.35 bits per heavy atom. The zero-order chi connectivity index (χ0) is 14.4. The molecule has 20 heavy (non-hydrogen) atoms. The maximum Gasteiger partial charge on any atom is 0.244 e. The standard InChI is InChI=1S/C16H19N3O/c1-12-3-7-15-13(11-12)4-5-14(19-15)6-8-16(20)18-10-2-9-17/h3-8,11H,2,9-10,17H2,1H3,(H,18,20)/b8-6+. The molecule has 0 fully saturated rings. The van der Waals surface area contributed by atoms with Gasteiger partial charge in [-0.15, -0.1) is 0 Å². The maximum absolute atomic E-state index is 11.5. The fraction of sp³-hybridized carbons (Fsp3) is 0.250. The van der Waals surface area contributed by atoms with Crippen LogP contribution in [0.5, 0.6) is 0 Å². The molecule has 2 rings (SSSR count). The van der Waals surface area contributed by atoms with Gasteiger partial charge in [0, 0.05) is 18.0 Å². The van der Waals surface area contributed by atoms with E-state index in [0.717, 1.165) is 23.0 Å². The summed E-state index contributed by atoms with van der Waals surface area (Å²) in [4.78, 5) is 16.0. The van der Waals surface area contributed by atoms with Crippen molar-refractivity contribution in [3.63, 3.8) is 0 Å². The third kappa shape index (κ3) is 3.90. The number of carbonyl (C=O) groups excluding carboxylic acids is 1. The first kappa shape index (κ1) is 14.2. The Balaban J connectivity index is 2.06. The van der Waals surface area contributed by atoms with Gasteiger partial charge in [0.05, 0.1) is 11.2 Å². The summed E-state index contributed by atoms with van der Waals surface area (Å²) in [6.45, 7) is 3.23. The van der Waals surface area contributed by atoms with Gasteiger partial charge >= 0.3 is 0 Å². The quantitative estimate of drug-likeness (QED) is 0.644. The number of rotatable bonds is 5. The molecule has 4 nitrogen and oxygen atoms in total. The second kappa shape index (κ2) is 6.82. The minimum absolute atomic E-state index is 0.121. The molecule has 1 aromatic heterocycles. The molecule has 0 atom stereocenters. The summed E-state index contributed by atoms with van der Waals surface area (Å²) in [5.74, 6) is -0.121. The van der Waals surface area contributed by atoms with E-state index in [1.807, 2.05) is 24.3 Å². The van der Waals surface area contributed by atoms with E-state index < -0.39 is 0 Å². The highest BCUT2D eigenvalue weighted by Crippen LogP contribution is 2.14. The van der Waals surface area contributed by atoms with Crippen molar-refractivity contribution >= 4 is 22.9 Å². The fourth-order valence-corrected chi connectivity index (χ4v) is 1.89. The number of hydrogen-bond donors (Lipinski definition) is 2. The van der Waals surface area contributed by atoms with E-state index in [2.05, 4.69) is 23.3 Å². The van der Waals surface area contributed by atoms with Crippen LogP contribution < -0.4 is 11.1 Å². The predicted molar refractivity (Wildman–Crippen MR) is 82.2 cm³/mol. The lowest BCUT2D eigenvalue weighted by Gasteiger charge is -2.01. The summed E-state index contributed by atoms with van der Waals surface area (Å²) >= 11 is 0. The monoisotopic (exact) mass is 269 g/mol. The first-order valence-electron chi connectivity index (χ1n) is 6.72. The maximum atomic E-state index is 11.5. The normalized spacial score (nSPS) is 11.1. The van der Waals surface area contributed by atoms with Crippen LogP contribution >= 0.6 is 0 Å². The molecule has 0 aliphatic rings. The third-order valence-corrected chi connectivity index (χ3v) is 2.95. The number of nitrogens with two attached hydrogens (primary N) is 1. The molecule has 1 heterocycles. The second-order valence-electron chi connectivity index (χ2n) is 4.70. The summed E-state index contributed by atoms with van der Waals surface area (Å²) in [6.07, 6.45) is 4.00. The van der Waals surface area contributed by atoms with Crippen molar-refractivity contribution in [2.24, 2.45) is 5.73 Å². The van der Waals surface area contributed by atoms with Gasteiger partial charge in [-0.2, -0.15) is 0 Å². The highest BCUT2D eigenvalue weighted by Gasteiger charge is 1.98. The number of fused-ring (bicyclic) bond motifs is 1. The molecule has 0 aliphatic carbocycles. The molecule has 1 aromatic carbocycles. The topological polar surface area (TPSA) is 68.0 Å². The van der Waals surface area contributed by atoms with Gasteiger partial charge < -0.3 is 11.1 Å². The van der Waals surface area contributed by atoms with Crippen LogP contribution in [0.4, 0.5) is 0 Å². The lowest BCUT2D eigenvalue weighted by atomic mass is 10.1. The number of carbonyl (C=O) groups is 1. The van der Waals surface area contributed by atoms with Gasteiger partial charge in [0.1, 0.15) is 0 Å². The SMILES string of the molecule is Cc1ccc2nc(/C=C/C(=O)NCCCN)ccc2c1. The first-order valence-corrected chi connectivity index (χ1v) is 6.72. The highest BCUT2D eigenvalue weighted by atomic mass is 16.1. The Hall–Kier alpha value is -2.20. The predicted octanol–water partition coefficient (Wildman–Crippen LogP) is 2.02. The summed E-state index contributed by atoms with van der Waals surface area (Å²) in [5, 5.41) is 3.87. The molecule has 0 spiro atoms. The second-order valence-corrected chi connectivity index (χ2v) is 4.70. The zero-order valence-corrected chi connectivity index (χ0v) is 11.6. The van der Waals surface area contributed by atoms with Crippen LogP contribution in [0.2, 0.25) is 0 Å². The van der Waals surface area contributed by atoms with Crippen LogP contribution in [-0.2, 0) is 4.79 Å². The number of nitrogens with zero attached hydrogens (tertiary/aromatic N) is 1. The lowest BCUT2D eigenvalue weighted by molar-refractivity contribution is -0.116. The van der Waals surface area contributed by atoms with E-state index >= 15 is 0 Å². The third-order valence-electron chi connectivity index (χ3n) is 2.95. The molecule has 0 radical (unpaired) electrons. The van der Waals surface area contributed by atoms with Crippen molar-refractivity contribution in [1.29, 1.82) is 0 Å². The zero-order valence-electron chi connectivity index (χ0n) is 11.6. The number of nitrogens with one attached hydrogen (secondary N) is 1. The van der Waals surface area contributed by atoms with Crippen molar-refractivity contribution in [2.45, 2.75) is 13.3 Å². The minimum Gasteiger partial charge on any atom is -0.353 e. The van der Waals surface area contributed by atoms with Gasteiger partial charge in [-0.1, -0.05) is 17.7 Å². The number of amides is 1. The Morgan fingerprint density at radius 2 is 2.20 bits per heavy atom. The van der Waals surface area contributed by atoms with Gasteiger partial charge in [-0.3, -0.25) is 4.79 Å². The number of benzene rings is 1.